The number of halogens is 5. The van der Waals surface area contributed by atoms with Crippen molar-refractivity contribution < 1.29 is 37.1 Å². The number of aromatic nitrogens is 1. The number of para-hydroxylation sites is 1. The van der Waals surface area contributed by atoms with Gasteiger partial charge >= 0.3 is 18.1 Å². The summed E-state index contributed by atoms with van der Waals surface area (Å²) >= 11 is 6.23. The highest BCUT2D eigenvalue weighted by atomic mass is 35.5. The number of nitrogens with zero attached hydrogens (tertiary/aromatic N) is 1. The Morgan fingerprint density at radius 2 is 1.79 bits per heavy atom. The molecule has 34 heavy (non-hydrogen) atoms. The van der Waals surface area contributed by atoms with Crippen LogP contribution in [0, 0.1) is 5.82 Å². The second kappa shape index (κ2) is 8.32. The van der Waals surface area contributed by atoms with Gasteiger partial charge in [0, 0.05) is 23.2 Å². The fourth-order valence-electron chi connectivity index (χ4n) is 3.64. The average molecular weight is 498 g/mol. The first kappa shape index (κ1) is 23.6. The smallest absolute Gasteiger partial charge is 0.471 e. The monoisotopic (exact) mass is 497 g/mol. The first-order valence-corrected chi connectivity index (χ1v) is 10.3. The molecule has 1 heterocycles. The maximum atomic E-state index is 14.8. The molecule has 0 bridgehead atoms. The van der Waals surface area contributed by atoms with Crippen molar-refractivity contribution >= 4 is 40.3 Å². The van der Waals surface area contributed by atoms with Crippen molar-refractivity contribution in [1.29, 1.82) is 0 Å². The molecule has 3 aromatic rings. The van der Waals surface area contributed by atoms with E-state index in [2.05, 4.69) is 5.32 Å². The van der Waals surface area contributed by atoms with Gasteiger partial charge in [0.1, 0.15) is 11.4 Å². The van der Waals surface area contributed by atoms with Crippen molar-refractivity contribution in [2.75, 3.05) is 0 Å². The van der Waals surface area contributed by atoms with Crippen LogP contribution in [0.15, 0.2) is 42.5 Å². The average Bonchev–Trinajstić information content (AvgIpc) is 3.49. The zero-order valence-corrected chi connectivity index (χ0v) is 17.9. The molecule has 0 aliphatic heterocycles. The number of rotatable bonds is 6. The Morgan fingerprint density at radius 3 is 2.38 bits per heavy atom. The van der Waals surface area contributed by atoms with Crippen LogP contribution < -0.4 is 10.6 Å². The van der Waals surface area contributed by atoms with E-state index in [0.29, 0.717) is 10.9 Å². The summed E-state index contributed by atoms with van der Waals surface area (Å²) < 4.78 is 53.6. The van der Waals surface area contributed by atoms with Gasteiger partial charge in [-0.25, -0.2) is 9.18 Å². The number of fused-ring (bicyclic) bond motifs is 1. The molecule has 2 amide bonds. The van der Waals surface area contributed by atoms with Crippen molar-refractivity contribution in [1.82, 2.24) is 15.2 Å². The van der Waals surface area contributed by atoms with Crippen LogP contribution in [0.2, 0.25) is 5.02 Å². The van der Waals surface area contributed by atoms with E-state index in [-0.39, 0.29) is 41.4 Å². The highest BCUT2D eigenvalue weighted by Crippen LogP contribution is 2.37. The van der Waals surface area contributed by atoms with E-state index in [1.165, 1.54) is 16.7 Å². The fraction of sp³-hybridized carbons (Fsp3) is 0.227. The minimum Gasteiger partial charge on any atom is -0.477 e. The number of nitrogens with one attached hydrogen (secondary N) is 2. The second-order valence-corrected chi connectivity index (χ2v) is 8.19. The maximum Gasteiger partial charge on any atom is 0.471 e. The molecule has 0 atom stereocenters. The Kier molecular flexibility index (Phi) is 5.76. The van der Waals surface area contributed by atoms with Gasteiger partial charge < -0.3 is 20.3 Å². The predicted octanol–water partition coefficient (Wildman–Crippen LogP) is 3.95. The summed E-state index contributed by atoms with van der Waals surface area (Å²) in [5.74, 6) is -5.17. The van der Waals surface area contributed by atoms with Crippen molar-refractivity contribution in [2.24, 2.45) is 0 Å². The van der Waals surface area contributed by atoms with Gasteiger partial charge in [-0.15, -0.1) is 0 Å². The van der Waals surface area contributed by atoms with Gasteiger partial charge in [-0.2, -0.15) is 13.2 Å². The SMILES string of the molecule is O=C(O)c1c(Cl)c2ccccc2n1-c1ccc(CNC(=O)C2(NC(=O)C(F)(F)F)CC2)c(F)c1. The van der Waals surface area contributed by atoms with Crippen LogP contribution in [0.3, 0.4) is 0 Å². The molecular formula is C22H16ClF4N3O4. The normalized spacial score (nSPS) is 14.6. The quantitative estimate of drug-likeness (QED) is 0.449. The number of carboxylic acids is 1. The van der Waals surface area contributed by atoms with E-state index in [9.17, 15) is 37.1 Å². The predicted molar refractivity (Wildman–Crippen MR) is 113 cm³/mol. The van der Waals surface area contributed by atoms with E-state index in [1.807, 2.05) is 0 Å². The number of hydrogen-bond acceptors (Lipinski definition) is 3. The highest BCUT2D eigenvalue weighted by Gasteiger charge is 2.54. The Hall–Kier alpha value is -3.60. The summed E-state index contributed by atoms with van der Waals surface area (Å²) in [6.07, 6.45) is -5.07. The van der Waals surface area contributed by atoms with E-state index in [0.717, 1.165) is 6.07 Å². The molecule has 1 aliphatic carbocycles. The second-order valence-electron chi connectivity index (χ2n) is 7.81. The Balaban J connectivity index is 1.56. The van der Waals surface area contributed by atoms with Gasteiger partial charge in [0.2, 0.25) is 5.91 Å². The first-order chi connectivity index (χ1) is 15.9. The number of amides is 2. The van der Waals surface area contributed by atoms with E-state index >= 15 is 0 Å². The van der Waals surface area contributed by atoms with Crippen molar-refractivity contribution in [2.45, 2.75) is 31.1 Å². The van der Waals surface area contributed by atoms with Crippen LogP contribution in [0.1, 0.15) is 28.9 Å². The summed E-state index contributed by atoms with van der Waals surface area (Å²) in [4.78, 5) is 35.3. The summed E-state index contributed by atoms with van der Waals surface area (Å²) in [6, 6.07) is 10.4. The Bertz CT molecular complexity index is 1330. The third-order valence-corrected chi connectivity index (χ3v) is 5.93. The number of carboxylic acid groups (broad SMARTS) is 1. The lowest BCUT2D eigenvalue weighted by atomic mass is 10.1. The number of alkyl halides is 3. The molecule has 1 aliphatic rings. The van der Waals surface area contributed by atoms with Crippen LogP contribution in [-0.4, -0.2) is 39.2 Å². The van der Waals surface area contributed by atoms with Gasteiger partial charge in [0.05, 0.1) is 10.5 Å². The molecular weight excluding hydrogens is 482 g/mol. The lowest BCUT2D eigenvalue weighted by molar-refractivity contribution is -0.175. The molecule has 7 nitrogen and oxygen atoms in total. The molecule has 1 aromatic heterocycles. The molecule has 0 spiro atoms. The summed E-state index contributed by atoms with van der Waals surface area (Å²) in [6.45, 7) is -0.354. The van der Waals surface area contributed by atoms with E-state index in [1.54, 1.807) is 29.6 Å². The van der Waals surface area contributed by atoms with Gasteiger partial charge in [-0.05, 0) is 31.0 Å². The molecule has 178 valence electrons. The molecule has 4 rings (SSSR count). The molecule has 0 radical (unpaired) electrons. The van der Waals surface area contributed by atoms with Crippen molar-refractivity contribution in [3.05, 3.63) is 64.6 Å². The number of carbonyl (C=O) groups excluding carboxylic acids is 2. The first-order valence-electron chi connectivity index (χ1n) is 9.93. The largest absolute Gasteiger partial charge is 0.477 e. The van der Waals surface area contributed by atoms with Crippen molar-refractivity contribution in [3.63, 3.8) is 0 Å². The number of hydrogen-bond donors (Lipinski definition) is 3. The maximum absolute atomic E-state index is 14.8. The lowest BCUT2D eigenvalue weighted by Gasteiger charge is -2.18. The molecule has 0 unspecified atom stereocenters. The van der Waals surface area contributed by atoms with Crippen LogP contribution >= 0.6 is 11.6 Å². The molecule has 2 aromatic carbocycles. The molecule has 1 fully saturated rings. The van der Waals surface area contributed by atoms with E-state index < -0.39 is 35.3 Å². The summed E-state index contributed by atoms with van der Waals surface area (Å²) in [5.41, 5.74) is -1.29. The van der Waals surface area contributed by atoms with Crippen LogP contribution in [0.25, 0.3) is 16.6 Å². The molecule has 0 saturated heterocycles. The summed E-state index contributed by atoms with van der Waals surface area (Å²) in [5, 5.41) is 14.1. The van der Waals surface area contributed by atoms with Crippen LogP contribution in [0.5, 0.6) is 0 Å². The third-order valence-electron chi connectivity index (χ3n) is 5.54. The Morgan fingerprint density at radius 1 is 1.12 bits per heavy atom. The standard InChI is InChI=1S/C22H16ClF4N3O4/c23-16-13-3-1-2-4-15(13)30(17(16)18(31)32)12-6-5-11(14(24)9-12)10-28-19(33)21(7-8-21)29-20(34)22(25,26)27/h1-6,9H,7-8,10H2,(H,28,33)(H,29,34)(H,31,32). The van der Waals surface area contributed by atoms with Gasteiger partial charge in [-0.1, -0.05) is 35.9 Å². The fourth-order valence-corrected chi connectivity index (χ4v) is 3.97. The van der Waals surface area contributed by atoms with E-state index in [4.69, 9.17) is 11.6 Å². The van der Waals surface area contributed by atoms with Crippen LogP contribution in [0.4, 0.5) is 17.6 Å². The van der Waals surface area contributed by atoms with Gasteiger partial charge in [-0.3, -0.25) is 9.59 Å². The zero-order chi connectivity index (χ0) is 24.8. The third kappa shape index (κ3) is 4.18. The lowest BCUT2D eigenvalue weighted by Crippen LogP contribution is -2.52. The van der Waals surface area contributed by atoms with Crippen molar-refractivity contribution in [3.8, 4) is 5.69 Å². The molecule has 1 saturated carbocycles. The highest BCUT2D eigenvalue weighted by molar-refractivity contribution is 6.38. The minimum absolute atomic E-state index is 0.00418. The Labute approximate surface area is 194 Å². The number of aromatic carboxylic acids is 1. The van der Waals surface area contributed by atoms with Gasteiger partial charge in [0.15, 0.2) is 5.69 Å². The van der Waals surface area contributed by atoms with Gasteiger partial charge in [0.25, 0.3) is 0 Å². The minimum atomic E-state index is -5.13. The topological polar surface area (TPSA) is 100 Å². The zero-order valence-electron chi connectivity index (χ0n) is 17.2. The van der Waals surface area contributed by atoms with Crippen LogP contribution in [-0.2, 0) is 16.1 Å². The number of carbonyl (C=O) groups is 3. The number of benzene rings is 2. The summed E-state index contributed by atoms with van der Waals surface area (Å²) in [7, 11) is 0. The molecule has 3 N–H and O–H groups in total. The molecule has 12 heteroatoms.